The maximum atomic E-state index is 12.8. The molecule has 3 aliphatic rings. The van der Waals surface area contributed by atoms with Crippen LogP contribution in [0.25, 0.3) is 0 Å². The van der Waals surface area contributed by atoms with Crippen LogP contribution in [-0.2, 0) is 4.79 Å². The number of amides is 2. The van der Waals surface area contributed by atoms with Crippen LogP contribution in [0.1, 0.15) is 55.3 Å². The molecule has 8 nitrogen and oxygen atoms in total. The van der Waals surface area contributed by atoms with Crippen molar-refractivity contribution in [3.63, 3.8) is 0 Å². The normalized spacial score (nSPS) is 25.9. The number of aromatic nitrogens is 2. The van der Waals surface area contributed by atoms with Crippen molar-refractivity contribution < 1.29 is 14.7 Å². The molecule has 2 saturated heterocycles. The quantitative estimate of drug-likeness (QED) is 0.702. The first-order chi connectivity index (χ1) is 14.1. The molecule has 29 heavy (non-hydrogen) atoms. The second kappa shape index (κ2) is 9.17. The van der Waals surface area contributed by atoms with Crippen LogP contribution in [0, 0.1) is 5.92 Å². The Kier molecular flexibility index (Phi) is 6.40. The SMILES string of the molecule is O=C(NC[C@@H]1CC[C@H](CC(=O)N2CCC(O)CC2)N1CC1CC1)c1cncnc1. The Morgan fingerprint density at radius 2 is 1.72 bits per heavy atom. The topological polar surface area (TPSA) is 98.7 Å². The molecule has 0 aromatic carbocycles. The summed E-state index contributed by atoms with van der Waals surface area (Å²) in [5, 5.41) is 12.7. The molecule has 2 aliphatic heterocycles. The van der Waals surface area contributed by atoms with E-state index in [4.69, 9.17) is 0 Å². The molecule has 0 radical (unpaired) electrons. The minimum atomic E-state index is -0.264. The van der Waals surface area contributed by atoms with E-state index < -0.39 is 0 Å². The van der Waals surface area contributed by atoms with Crippen molar-refractivity contribution in [2.45, 2.75) is 63.1 Å². The zero-order valence-corrected chi connectivity index (χ0v) is 16.9. The van der Waals surface area contributed by atoms with Crippen LogP contribution in [0.5, 0.6) is 0 Å². The van der Waals surface area contributed by atoms with Crippen LogP contribution in [-0.4, -0.2) is 81.1 Å². The van der Waals surface area contributed by atoms with Gasteiger partial charge in [0.05, 0.1) is 11.7 Å². The van der Waals surface area contributed by atoms with E-state index in [2.05, 4.69) is 20.2 Å². The Hall–Kier alpha value is -2.06. The number of hydrogen-bond acceptors (Lipinski definition) is 6. The van der Waals surface area contributed by atoms with Crippen molar-refractivity contribution in [2.24, 2.45) is 5.92 Å². The monoisotopic (exact) mass is 401 g/mol. The molecular weight excluding hydrogens is 370 g/mol. The average molecular weight is 402 g/mol. The van der Waals surface area contributed by atoms with E-state index in [0.29, 0.717) is 44.5 Å². The second-order valence-corrected chi connectivity index (χ2v) is 8.68. The van der Waals surface area contributed by atoms with Crippen molar-refractivity contribution in [2.75, 3.05) is 26.2 Å². The van der Waals surface area contributed by atoms with E-state index >= 15 is 0 Å². The van der Waals surface area contributed by atoms with Gasteiger partial charge < -0.3 is 15.3 Å². The first kappa shape index (κ1) is 20.2. The van der Waals surface area contributed by atoms with E-state index in [9.17, 15) is 14.7 Å². The Bertz CT molecular complexity index is 704. The van der Waals surface area contributed by atoms with E-state index in [-0.39, 0.29) is 30.0 Å². The zero-order chi connectivity index (χ0) is 20.2. The smallest absolute Gasteiger partial charge is 0.254 e. The van der Waals surface area contributed by atoms with Crippen LogP contribution in [0.3, 0.4) is 0 Å². The molecule has 4 rings (SSSR count). The summed E-state index contributed by atoms with van der Waals surface area (Å²) >= 11 is 0. The van der Waals surface area contributed by atoms with Crippen molar-refractivity contribution in [3.05, 3.63) is 24.3 Å². The lowest BCUT2D eigenvalue weighted by Crippen LogP contribution is -2.47. The number of aliphatic hydroxyl groups excluding tert-OH is 1. The summed E-state index contributed by atoms with van der Waals surface area (Å²) in [6.07, 6.45) is 10.6. The predicted octanol–water partition coefficient (Wildman–Crippen LogP) is 0.823. The molecule has 0 unspecified atom stereocenters. The minimum Gasteiger partial charge on any atom is -0.393 e. The Balaban J connectivity index is 1.32. The van der Waals surface area contributed by atoms with E-state index in [1.165, 1.54) is 31.6 Å². The molecule has 2 N–H and O–H groups in total. The number of carbonyl (C=O) groups excluding carboxylic acids is 2. The summed E-state index contributed by atoms with van der Waals surface area (Å²) in [7, 11) is 0. The number of nitrogens with zero attached hydrogens (tertiary/aromatic N) is 4. The van der Waals surface area contributed by atoms with Gasteiger partial charge in [-0.25, -0.2) is 9.97 Å². The molecule has 3 fully saturated rings. The van der Waals surface area contributed by atoms with Gasteiger partial charge in [0.2, 0.25) is 5.91 Å². The summed E-state index contributed by atoms with van der Waals surface area (Å²) in [6, 6.07) is 0.516. The van der Waals surface area contributed by atoms with Gasteiger partial charge in [-0.1, -0.05) is 0 Å². The largest absolute Gasteiger partial charge is 0.393 e. The number of likely N-dealkylation sites (tertiary alicyclic amines) is 2. The molecule has 1 saturated carbocycles. The summed E-state index contributed by atoms with van der Waals surface area (Å²) in [4.78, 5) is 37.3. The van der Waals surface area contributed by atoms with Gasteiger partial charge >= 0.3 is 0 Å². The number of aliphatic hydroxyl groups is 1. The van der Waals surface area contributed by atoms with Crippen molar-refractivity contribution in [3.8, 4) is 0 Å². The van der Waals surface area contributed by atoms with Crippen molar-refractivity contribution in [1.29, 1.82) is 0 Å². The van der Waals surface area contributed by atoms with Crippen molar-refractivity contribution in [1.82, 2.24) is 25.1 Å². The number of hydrogen-bond donors (Lipinski definition) is 2. The van der Waals surface area contributed by atoms with Crippen molar-refractivity contribution >= 4 is 11.8 Å². The first-order valence-corrected chi connectivity index (χ1v) is 10.8. The minimum absolute atomic E-state index is 0.150. The molecule has 1 aromatic heterocycles. The Morgan fingerprint density at radius 1 is 1.03 bits per heavy atom. The van der Waals surface area contributed by atoms with Crippen LogP contribution in [0.4, 0.5) is 0 Å². The molecule has 1 aromatic rings. The van der Waals surface area contributed by atoms with Crippen LogP contribution in [0.15, 0.2) is 18.7 Å². The van der Waals surface area contributed by atoms with Gasteiger partial charge in [0.15, 0.2) is 0 Å². The molecule has 2 atom stereocenters. The third-order valence-electron chi connectivity index (χ3n) is 6.49. The molecular formula is C21H31N5O3. The van der Waals surface area contributed by atoms with E-state index in [1.807, 2.05) is 4.90 Å². The zero-order valence-electron chi connectivity index (χ0n) is 16.9. The fourth-order valence-corrected chi connectivity index (χ4v) is 4.52. The summed E-state index contributed by atoms with van der Waals surface area (Å²) in [5.74, 6) is 0.786. The highest BCUT2D eigenvalue weighted by atomic mass is 16.3. The van der Waals surface area contributed by atoms with E-state index in [0.717, 1.165) is 25.3 Å². The maximum absolute atomic E-state index is 12.8. The summed E-state index contributed by atoms with van der Waals surface area (Å²) in [5.41, 5.74) is 0.471. The number of carbonyl (C=O) groups is 2. The maximum Gasteiger partial charge on any atom is 0.254 e. The average Bonchev–Trinajstić information content (AvgIpc) is 3.49. The van der Waals surface area contributed by atoms with Gasteiger partial charge in [-0.2, -0.15) is 0 Å². The third-order valence-corrected chi connectivity index (χ3v) is 6.49. The van der Waals surface area contributed by atoms with Gasteiger partial charge in [0.25, 0.3) is 5.91 Å². The molecule has 1 aliphatic carbocycles. The molecule has 3 heterocycles. The first-order valence-electron chi connectivity index (χ1n) is 10.8. The highest BCUT2D eigenvalue weighted by Gasteiger charge is 2.38. The lowest BCUT2D eigenvalue weighted by molar-refractivity contribution is -0.134. The lowest BCUT2D eigenvalue weighted by Gasteiger charge is -2.33. The van der Waals surface area contributed by atoms with Gasteiger partial charge in [-0.3, -0.25) is 14.5 Å². The highest BCUT2D eigenvalue weighted by molar-refractivity contribution is 5.93. The molecule has 158 valence electrons. The standard InChI is InChI=1S/C21H31N5O3/c27-19-5-7-25(8-6-19)20(28)9-17-3-4-18(26(17)13-15-1-2-15)12-24-21(29)16-10-22-14-23-11-16/h10-11,14-15,17-19,27H,1-9,12-13H2,(H,24,29)/t17-,18+/m1/s1. The highest BCUT2D eigenvalue weighted by Crippen LogP contribution is 2.35. The van der Waals surface area contributed by atoms with Gasteiger partial charge in [-0.05, 0) is 44.4 Å². The number of piperidine rings is 1. The number of nitrogens with one attached hydrogen (secondary N) is 1. The molecule has 8 heteroatoms. The van der Waals surface area contributed by atoms with Gasteiger partial charge in [-0.15, -0.1) is 0 Å². The summed E-state index contributed by atoms with van der Waals surface area (Å²) < 4.78 is 0. The Labute approximate surface area is 171 Å². The van der Waals surface area contributed by atoms with Gasteiger partial charge in [0, 0.05) is 57.1 Å². The van der Waals surface area contributed by atoms with Crippen LogP contribution < -0.4 is 5.32 Å². The molecule has 0 spiro atoms. The van der Waals surface area contributed by atoms with Crippen LogP contribution >= 0.6 is 0 Å². The number of rotatable bonds is 7. The summed E-state index contributed by atoms with van der Waals surface area (Å²) in [6.45, 7) is 2.93. The van der Waals surface area contributed by atoms with Crippen LogP contribution in [0.2, 0.25) is 0 Å². The second-order valence-electron chi connectivity index (χ2n) is 8.68. The lowest BCUT2D eigenvalue weighted by atomic mass is 10.1. The molecule has 2 amide bonds. The third kappa shape index (κ3) is 5.30. The fraction of sp³-hybridized carbons (Fsp3) is 0.714. The predicted molar refractivity (Wildman–Crippen MR) is 107 cm³/mol. The molecule has 0 bridgehead atoms. The Morgan fingerprint density at radius 3 is 2.41 bits per heavy atom. The van der Waals surface area contributed by atoms with E-state index in [1.54, 1.807) is 0 Å². The van der Waals surface area contributed by atoms with Gasteiger partial charge in [0.1, 0.15) is 6.33 Å². The fourth-order valence-electron chi connectivity index (χ4n) is 4.52.